The monoisotopic (exact) mass is 287 g/mol. The molecule has 0 aromatic heterocycles. The molecule has 1 rings (SSSR count). The number of hydrogen-bond donors (Lipinski definition) is 2. The smallest absolute Gasteiger partial charge is 0.242 e. The standard InChI is InChI=1S/C12H21N3O3S/c1-4-15(2)8-7-14-19(16,17)12-6-5-10(18-3)9-11(12)13/h5-6,9,14H,4,7-8,13H2,1-3H3. The molecule has 3 N–H and O–H groups in total. The number of benzene rings is 1. The summed E-state index contributed by atoms with van der Waals surface area (Å²) in [5, 5.41) is 0. The van der Waals surface area contributed by atoms with Crippen molar-refractivity contribution in [1.29, 1.82) is 0 Å². The Hall–Kier alpha value is -1.31. The van der Waals surface area contributed by atoms with Crippen LogP contribution in [-0.2, 0) is 10.0 Å². The molecule has 0 aliphatic rings. The van der Waals surface area contributed by atoms with E-state index in [0.29, 0.717) is 18.8 Å². The Labute approximate surface area is 114 Å². The first-order valence-corrected chi connectivity index (χ1v) is 7.50. The molecule has 0 heterocycles. The van der Waals surface area contributed by atoms with Gasteiger partial charge in [0.2, 0.25) is 10.0 Å². The molecule has 0 radical (unpaired) electrons. The summed E-state index contributed by atoms with van der Waals surface area (Å²) in [5.74, 6) is 0.530. The number of nitrogens with one attached hydrogen (secondary N) is 1. The molecule has 0 spiro atoms. The highest BCUT2D eigenvalue weighted by Gasteiger charge is 2.17. The molecule has 0 fully saturated rings. The maximum absolute atomic E-state index is 12.1. The molecule has 19 heavy (non-hydrogen) atoms. The van der Waals surface area contributed by atoms with Gasteiger partial charge in [0, 0.05) is 19.2 Å². The average Bonchev–Trinajstić information content (AvgIpc) is 2.37. The first-order chi connectivity index (χ1) is 8.90. The summed E-state index contributed by atoms with van der Waals surface area (Å²) in [4.78, 5) is 2.09. The van der Waals surface area contributed by atoms with E-state index in [-0.39, 0.29) is 10.6 Å². The molecule has 0 unspecified atom stereocenters. The van der Waals surface area contributed by atoms with E-state index in [1.165, 1.54) is 19.2 Å². The molecular weight excluding hydrogens is 266 g/mol. The SMILES string of the molecule is CCN(C)CCNS(=O)(=O)c1ccc(OC)cc1N. The van der Waals surface area contributed by atoms with Crippen LogP contribution in [0.2, 0.25) is 0 Å². The lowest BCUT2D eigenvalue weighted by Gasteiger charge is -2.15. The van der Waals surface area contributed by atoms with Gasteiger partial charge in [-0.25, -0.2) is 13.1 Å². The largest absolute Gasteiger partial charge is 0.497 e. The van der Waals surface area contributed by atoms with Crippen LogP contribution < -0.4 is 15.2 Å². The van der Waals surface area contributed by atoms with Crippen LogP contribution >= 0.6 is 0 Å². The van der Waals surface area contributed by atoms with Crippen LogP contribution in [0, 0.1) is 0 Å². The molecule has 0 amide bonds. The molecule has 0 saturated carbocycles. The fourth-order valence-electron chi connectivity index (χ4n) is 1.50. The summed E-state index contributed by atoms with van der Waals surface area (Å²) in [7, 11) is -0.149. The van der Waals surface area contributed by atoms with E-state index in [1.807, 2.05) is 18.9 Å². The molecule has 6 nitrogen and oxygen atoms in total. The van der Waals surface area contributed by atoms with Crippen molar-refractivity contribution in [2.24, 2.45) is 0 Å². The van der Waals surface area contributed by atoms with Gasteiger partial charge in [-0.3, -0.25) is 0 Å². The van der Waals surface area contributed by atoms with Crippen molar-refractivity contribution in [3.05, 3.63) is 18.2 Å². The first kappa shape index (κ1) is 15.7. The molecule has 1 aromatic carbocycles. The lowest BCUT2D eigenvalue weighted by molar-refractivity contribution is 0.358. The normalized spacial score (nSPS) is 11.8. The minimum atomic E-state index is -3.58. The van der Waals surface area contributed by atoms with Crippen LogP contribution in [0.4, 0.5) is 5.69 Å². The summed E-state index contributed by atoms with van der Waals surface area (Å²) in [6.45, 7) is 3.87. The Morgan fingerprint density at radius 3 is 2.63 bits per heavy atom. The Morgan fingerprint density at radius 2 is 2.11 bits per heavy atom. The quantitative estimate of drug-likeness (QED) is 0.714. The van der Waals surface area contributed by atoms with Crippen molar-refractivity contribution < 1.29 is 13.2 Å². The summed E-state index contributed by atoms with van der Waals surface area (Å²) >= 11 is 0. The number of methoxy groups -OCH3 is 1. The molecule has 1 aromatic rings. The number of nitrogens with two attached hydrogens (primary N) is 1. The van der Waals surface area contributed by atoms with Crippen molar-refractivity contribution in [2.45, 2.75) is 11.8 Å². The van der Waals surface area contributed by atoms with Gasteiger partial charge in [-0.15, -0.1) is 0 Å². The van der Waals surface area contributed by atoms with Crippen molar-refractivity contribution in [2.75, 3.05) is 39.5 Å². The van der Waals surface area contributed by atoms with Gasteiger partial charge < -0.3 is 15.4 Å². The van der Waals surface area contributed by atoms with E-state index in [0.717, 1.165) is 6.54 Å². The van der Waals surface area contributed by atoms with Gasteiger partial charge in [0.15, 0.2) is 0 Å². The zero-order chi connectivity index (χ0) is 14.5. The van der Waals surface area contributed by atoms with Gasteiger partial charge in [-0.2, -0.15) is 0 Å². The Morgan fingerprint density at radius 1 is 1.42 bits per heavy atom. The van der Waals surface area contributed by atoms with E-state index >= 15 is 0 Å². The van der Waals surface area contributed by atoms with E-state index in [9.17, 15) is 8.42 Å². The second-order valence-electron chi connectivity index (χ2n) is 4.20. The van der Waals surface area contributed by atoms with Crippen LogP contribution in [0.5, 0.6) is 5.75 Å². The predicted molar refractivity (Wildman–Crippen MR) is 75.8 cm³/mol. The summed E-state index contributed by atoms with van der Waals surface area (Å²) in [6, 6.07) is 4.51. The number of likely N-dealkylation sites (N-methyl/N-ethyl adjacent to an activating group) is 1. The molecule has 0 saturated heterocycles. The van der Waals surface area contributed by atoms with Crippen LogP contribution in [0.15, 0.2) is 23.1 Å². The van der Waals surface area contributed by atoms with Gasteiger partial charge in [-0.05, 0) is 25.7 Å². The number of anilines is 1. The highest BCUT2D eigenvalue weighted by atomic mass is 32.2. The van der Waals surface area contributed by atoms with Gasteiger partial charge in [0.05, 0.1) is 12.8 Å². The van der Waals surface area contributed by atoms with Crippen LogP contribution in [0.1, 0.15) is 6.92 Å². The summed E-state index contributed by atoms with van der Waals surface area (Å²) in [6.07, 6.45) is 0. The average molecular weight is 287 g/mol. The van der Waals surface area contributed by atoms with E-state index in [2.05, 4.69) is 4.72 Å². The fraction of sp³-hybridized carbons (Fsp3) is 0.500. The second kappa shape index (κ2) is 6.74. The molecule has 108 valence electrons. The third-order valence-electron chi connectivity index (χ3n) is 2.83. The minimum absolute atomic E-state index is 0.0763. The first-order valence-electron chi connectivity index (χ1n) is 6.02. The topological polar surface area (TPSA) is 84.7 Å². The summed E-state index contributed by atoms with van der Waals surface area (Å²) < 4.78 is 31.7. The Kier molecular flexibility index (Phi) is 5.59. The zero-order valence-corrected chi connectivity index (χ0v) is 12.3. The Bertz CT molecular complexity index is 517. The molecule has 0 bridgehead atoms. The fourth-order valence-corrected chi connectivity index (χ4v) is 2.64. The lowest BCUT2D eigenvalue weighted by Crippen LogP contribution is -2.33. The molecule has 0 aliphatic carbocycles. The minimum Gasteiger partial charge on any atom is -0.497 e. The predicted octanol–water partition coefficient (Wildman–Crippen LogP) is 0.507. The third-order valence-corrected chi connectivity index (χ3v) is 4.37. The highest BCUT2D eigenvalue weighted by molar-refractivity contribution is 7.89. The maximum atomic E-state index is 12.1. The van der Waals surface area contributed by atoms with Gasteiger partial charge in [0.1, 0.15) is 10.6 Å². The van der Waals surface area contributed by atoms with Crippen molar-refractivity contribution in [1.82, 2.24) is 9.62 Å². The third kappa shape index (κ3) is 4.38. The zero-order valence-electron chi connectivity index (χ0n) is 11.5. The van der Waals surface area contributed by atoms with Gasteiger partial charge in [0.25, 0.3) is 0 Å². The van der Waals surface area contributed by atoms with Crippen molar-refractivity contribution in [3.63, 3.8) is 0 Å². The van der Waals surface area contributed by atoms with Crippen molar-refractivity contribution in [3.8, 4) is 5.75 Å². The molecule has 0 atom stereocenters. The van der Waals surface area contributed by atoms with E-state index < -0.39 is 10.0 Å². The van der Waals surface area contributed by atoms with Crippen LogP contribution in [-0.4, -0.2) is 47.1 Å². The van der Waals surface area contributed by atoms with E-state index in [4.69, 9.17) is 10.5 Å². The Balaban J connectivity index is 2.77. The van der Waals surface area contributed by atoms with Crippen molar-refractivity contribution >= 4 is 15.7 Å². The van der Waals surface area contributed by atoms with Gasteiger partial charge in [-0.1, -0.05) is 6.92 Å². The number of hydrogen-bond acceptors (Lipinski definition) is 5. The summed E-state index contributed by atoms with van der Waals surface area (Å²) in [5.41, 5.74) is 5.91. The number of ether oxygens (including phenoxy) is 1. The van der Waals surface area contributed by atoms with Crippen LogP contribution in [0.3, 0.4) is 0 Å². The van der Waals surface area contributed by atoms with Gasteiger partial charge >= 0.3 is 0 Å². The molecule has 0 aliphatic heterocycles. The number of rotatable bonds is 7. The van der Waals surface area contributed by atoms with Crippen LogP contribution in [0.25, 0.3) is 0 Å². The number of sulfonamides is 1. The number of nitrogens with zero attached hydrogens (tertiary/aromatic N) is 1. The van der Waals surface area contributed by atoms with E-state index in [1.54, 1.807) is 6.07 Å². The molecular formula is C12H21N3O3S. The second-order valence-corrected chi connectivity index (χ2v) is 5.93. The maximum Gasteiger partial charge on any atom is 0.242 e. The number of nitrogen functional groups attached to an aromatic ring is 1. The lowest BCUT2D eigenvalue weighted by atomic mass is 10.3. The highest BCUT2D eigenvalue weighted by Crippen LogP contribution is 2.23. The molecule has 7 heteroatoms.